The minimum absolute atomic E-state index is 0.00712. The second-order valence-electron chi connectivity index (χ2n) is 4.91. The van der Waals surface area contributed by atoms with Crippen molar-refractivity contribution in [1.29, 1.82) is 0 Å². The first kappa shape index (κ1) is 13.7. The Morgan fingerprint density at radius 2 is 2.05 bits per heavy atom. The van der Waals surface area contributed by atoms with Gasteiger partial charge in [0.1, 0.15) is 0 Å². The fourth-order valence-corrected chi connectivity index (χ4v) is 3.11. The molecule has 0 atom stereocenters. The van der Waals surface area contributed by atoms with Crippen LogP contribution in [0.4, 0.5) is 0 Å². The molecule has 0 aliphatic carbocycles. The molecule has 3 heterocycles. The summed E-state index contributed by atoms with van der Waals surface area (Å²) in [5.41, 5.74) is 3.34. The van der Waals surface area contributed by atoms with Crippen LogP contribution in [0.15, 0.2) is 29.3 Å². The van der Waals surface area contributed by atoms with Gasteiger partial charge in [0.05, 0.1) is 5.69 Å². The molecule has 0 fully saturated rings. The standard InChI is InChI=1S/C16H15N3OS/c1-10-14(7-6-13-5-4-8-17-9-13)18-16-19(15(10)20)11(2)12(3)21-16/h4-9H,1-3H3/b7-6+. The summed E-state index contributed by atoms with van der Waals surface area (Å²) in [7, 11) is 0. The average molecular weight is 297 g/mol. The van der Waals surface area contributed by atoms with Crippen LogP contribution >= 0.6 is 11.3 Å². The van der Waals surface area contributed by atoms with Gasteiger partial charge in [-0.05, 0) is 38.5 Å². The Bertz CT molecular complexity index is 891. The summed E-state index contributed by atoms with van der Waals surface area (Å²) >= 11 is 1.54. The van der Waals surface area contributed by atoms with Crippen molar-refractivity contribution in [3.8, 4) is 0 Å². The third-order valence-electron chi connectivity index (χ3n) is 3.52. The number of nitrogens with zero attached hydrogens (tertiary/aromatic N) is 3. The number of hydrogen-bond donors (Lipinski definition) is 0. The monoisotopic (exact) mass is 297 g/mol. The van der Waals surface area contributed by atoms with Crippen molar-refractivity contribution in [2.24, 2.45) is 0 Å². The van der Waals surface area contributed by atoms with E-state index in [2.05, 4.69) is 9.97 Å². The highest BCUT2D eigenvalue weighted by molar-refractivity contribution is 7.17. The molecule has 21 heavy (non-hydrogen) atoms. The lowest BCUT2D eigenvalue weighted by Crippen LogP contribution is -2.19. The van der Waals surface area contributed by atoms with Gasteiger partial charge in [-0.25, -0.2) is 4.98 Å². The summed E-state index contributed by atoms with van der Waals surface area (Å²) in [6, 6.07) is 3.84. The third-order valence-corrected chi connectivity index (χ3v) is 4.58. The molecule has 3 aromatic rings. The van der Waals surface area contributed by atoms with Crippen molar-refractivity contribution in [1.82, 2.24) is 14.4 Å². The lowest BCUT2D eigenvalue weighted by molar-refractivity contribution is 0.983. The van der Waals surface area contributed by atoms with Crippen LogP contribution in [-0.4, -0.2) is 14.4 Å². The van der Waals surface area contributed by atoms with Gasteiger partial charge in [0.25, 0.3) is 5.56 Å². The predicted molar refractivity (Wildman–Crippen MR) is 86.7 cm³/mol. The summed E-state index contributed by atoms with van der Waals surface area (Å²) in [6.07, 6.45) is 7.30. The average Bonchev–Trinajstić information content (AvgIpc) is 2.77. The van der Waals surface area contributed by atoms with E-state index in [0.29, 0.717) is 11.3 Å². The van der Waals surface area contributed by atoms with Crippen molar-refractivity contribution in [3.05, 3.63) is 62.3 Å². The zero-order valence-electron chi connectivity index (χ0n) is 12.1. The Morgan fingerprint density at radius 3 is 2.76 bits per heavy atom. The van der Waals surface area contributed by atoms with Gasteiger partial charge in [0, 0.05) is 28.5 Å². The van der Waals surface area contributed by atoms with Crippen molar-refractivity contribution in [3.63, 3.8) is 0 Å². The molecule has 0 saturated heterocycles. The van der Waals surface area contributed by atoms with E-state index in [-0.39, 0.29) is 5.56 Å². The molecule has 0 N–H and O–H groups in total. The Labute approximate surface area is 126 Å². The van der Waals surface area contributed by atoms with E-state index in [1.165, 1.54) is 0 Å². The topological polar surface area (TPSA) is 47.3 Å². The molecule has 0 aliphatic heterocycles. The van der Waals surface area contributed by atoms with Gasteiger partial charge < -0.3 is 0 Å². The van der Waals surface area contributed by atoms with Gasteiger partial charge in [0.2, 0.25) is 0 Å². The molecule has 0 radical (unpaired) electrons. The molecule has 3 aromatic heterocycles. The lowest BCUT2D eigenvalue weighted by atomic mass is 10.2. The third kappa shape index (κ3) is 2.40. The van der Waals surface area contributed by atoms with Crippen LogP contribution in [0.1, 0.15) is 27.4 Å². The Balaban J connectivity index is 2.14. The minimum atomic E-state index is 0.00712. The highest BCUT2D eigenvalue weighted by atomic mass is 32.1. The van der Waals surface area contributed by atoms with Crippen molar-refractivity contribution >= 4 is 28.4 Å². The smallest absolute Gasteiger partial charge is 0.262 e. The Kier molecular flexibility index (Phi) is 3.43. The predicted octanol–water partition coefficient (Wildman–Crippen LogP) is 3.25. The van der Waals surface area contributed by atoms with E-state index in [1.54, 1.807) is 28.1 Å². The van der Waals surface area contributed by atoms with Crippen LogP contribution in [0.25, 0.3) is 17.1 Å². The van der Waals surface area contributed by atoms with Crippen LogP contribution in [0, 0.1) is 20.8 Å². The van der Waals surface area contributed by atoms with E-state index >= 15 is 0 Å². The number of thiazole rings is 1. The highest BCUT2D eigenvalue weighted by Crippen LogP contribution is 2.20. The fraction of sp³-hybridized carbons (Fsp3) is 0.188. The van der Waals surface area contributed by atoms with Gasteiger partial charge in [-0.2, -0.15) is 0 Å². The molecule has 0 amide bonds. The SMILES string of the molecule is Cc1sc2nc(/C=C/c3cccnc3)c(C)c(=O)n2c1C. The molecule has 0 unspecified atom stereocenters. The summed E-state index contributed by atoms with van der Waals surface area (Å²) in [6.45, 7) is 5.78. The van der Waals surface area contributed by atoms with E-state index in [1.807, 2.05) is 45.1 Å². The maximum atomic E-state index is 12.5. The number of aromatic nitrogens is 3. The quantitative estimate of drug-likeness (QED) is 0.729. The van der Waals surface area contributed by atoms with E-state index in [0.717, 1.165) is 21.1 Å². The van der Waals surface area contributed by atoms with E-state index in [4.69, 9.17) is 0 Å². The first-order valence-corrected chi connectivity index (χ1v) is 7.47. The molecule has 0 bridgehead atoms. The maximum absolute atomic E-state index is 12.5. The first-order chi connectivity index (χ1) is 10.1. The van der Waals surface area contributed by atoms with Crippen molar-refractivity contribution in [2.75, 3.05) is 0 Å². The Morgan fingerprint density at radius 1 is 1.24 bits per heavy atom. The highest BCUT2D eigenvalue weighted by Gasteiger charge is 2.12. The number of fused-ring (bicyclic) bond motifs is 1. The first-order valence-electron chi connectivity index (χ1n) is 6.65. The zero-order chi connectivity index (χ0) is 15.0. The fourth-order valence-electron chi connectivity index (χ4n) is 2.15. The largest absolute Gasteiger partial charge is 0.269 e. The molecule has 0 spiro atoms. The second kappa shape index (κ2) is 5.26. The number of hydrogen-bond acceptors (Lipinski definition) is 4. The van der Waals surface area contributed by atoms with Gasteiger partial charge in [0.15, 0.2) is 4.96 Å². The van der Waals surface area contributed by atoms with Crippen molar-refractivity contribution in [2.45, 2.75) is 20.8 Å². The second-order valence-corrected chi connectivity index (χ2v) is 6.09. The summed E-state index contributed by atoms with van der Waals surface area (Å²) in [5, 5.41) is 0. The van der Waals surface area contributed by atoms with Gasteiger partial charge in [-0.15, -0.1) is 11.3 Å². The summed E-state index contributed by atoms with van der Waals surface area (Å²) < 4.78 is 1.69. The molecule has 0 aliphatic rings. The maximum Gasteiger partial charge on any atom is 0.262 e. The van der Waals surface area contributed by atoms with E-state index < -0.39 is 0 Å². The normalized spacial score (nSPS) is 11.6. The lowest BCUT2D eigenvalue weighted by Gasteiger charge is -2.02. The zero-order valence-corrected chi connectivity index (χ0v) is 12.9. The molecule has 5 heteroatoms. The van der Waals surface area contributed by atoms with Crippen LogP contribution in [-0.2, 0) is 0 Å². The molecular formula is C16H15N3OS. The van der Waals surface area contributed by atoms with Crippen LogP contribution in [0.2, 0.25) is 0 Å². The summed E-state index contributed by atoms with van der Waals surface area (Å²) in [4.78, 5) is 23.0. The number of pyridine rings is 1. The molecule has 4 nitrogen and oxygen atoms in total. The molecule has 0 aromatic carbocycles. The van der Waals surface area contributed by atoms with Gasteiger partial charge >= 0.3 is 0 Å². The molecule has 106 valence electrons. The molecule has 0 saturated carbocycles. The number of aryl methyl sites for hydroxylation is 2. The molecular weight excluding hydrogens is 282 g/mol. The number of rotatable bonds is 2. The van der Waals surface area contributed by atoms with Crippen LogP contribution in [0.5, 0.6) is 0 Å². The van der Waals surface area contributed by atoms with Crippen LogP contribution < -0.4 is 5.56 Å². The van der Waals surface area contributed by atoms with E-state index in [9.17, 15) is 4.79 Å². The Hall–Kier alpha value is -2.27. The van der Waals surface area contributed by atoms with Gasteiger partial charge in [-0.3, -0.25) is 14.2 Å². The van der Waals surface area contributed by atoms with Crippen LogP contribution in [0.3, 0.4) is 0 Å². The van der Waals surface area contributed by atoms with Crippen molar-refractivity contribution < 1.29 is 0 Å². The minimum Gasteiger partial charge on any atom is -0.269 e. The van der Waals surface area contributed by atoms with Gasteiger partial charge in [-0.1, -0.05) is 12.1 Å². The molecule has 3 rings (SSSR count). The summed E-state index contributed by atoms with van der Waals surface area (Å²) in [5.74, 6) is 0.